The second kappa shape index (κ2) is 12.5. The van der Waals surface area contributed by atoms with Crippen LogP contribution in [0.5, 0.6) is 5.75 Å². The van der Waals surface area contributed by atoms with Crippen molar-refractivity contribution >= 4 is 16.7 Å². The number of imidazole rings is 1. The van der Waals surface area contributed by atoms with Gasteiger partial charge in [0.1, 0.15) is 5.75 Å². The van der Waals surface area contributed by atoms with Gasteiger partial charge < -0.3 is 23.5 Å². The fourth-order valence-corrected chi connectivity index (χ4v) is 4.79. The van der Waals surface area contributed by atoms with E-state index in [1.165, 1.54) is 0 Å². The number of aromatic nitrogens is 3. The van der Waals surface area contributed by atoms with Gasteiger partial charge in [-0.25, -0.2) is 4.98 Å². The molecular weight excluding hydrogens is 488 g/mol. The Balaban J connectivity index is 1.39. The first kappa shape index (κ1) is 26.3. The molecule has 0 atom stereocenters. The molecule has 0 unspecified atom stereocenters. The fraction of sp³-hybridized carbons (Fsp3) is 0.250. The number of carbonyl (C=O) groups excluding carboxylic acids is 1. The third-order valence-electron chi connectivity index (χ3n) is 6.87. The number of nitrogens with zero attached hydrogens (tertiary/aromatic N) is 4. The minimum absolute atomic E-state index is 0.0275. The number of amides is 1. The first-order valence-corrected chi connectivity index (χ1v) is 13.2. The molecule has 2 aromatic heterocycles. The van der Waals surface area contributed by atoms with E-state index in [-0.39, 0.29) is 5.91 Å². The maximum atomic E-state index is 13.6. The van der Waals surface area contributed by atoms with Crippen LogP contribution in [-0.4, -0.2) is 58.8 Å². The minimum Gasteiger partial charge on any atom is -0.494 e. The number of methoxy groups -OCH3 is 1. The molecule has 2 heterocycles. The highest BCUT2D eigenvalue weighted by Gasteiger charge is 2.21. The Bertz CT molecular complexity index is 1520. The Morgan fingerprint density at radius 1 is 0.923 bits per heavy atom. The summed E-state index contributed by atoms with van der Waals surface area (Å²) in [4.78, 5) is 19.7. The number of fused-ring (bicyclic) bond motifs is 1. The molecule has 0 radical (unpaired) electrons. The lowest BCUT2D eigenvalue weighted by Crippen LogP contribution is -2.30. The van der Waals surface area contributed by atoms with Crippen LogP contribution in [0.2, 0.25) is 0 Å². The Morgan fingerprint density at radius 3 is 2.56 bits per heavy atom. The van der Waals surface area contributed by atoms with E-state index in [4.69, 9.17) is 9.47 Å². The molecule has 0 fully saturated rings. The van der Waals surface area contributed by atoms with E-state index < -0.39 is 0 Å². The van der Waals surface area contributed by atoms with Gasteiger partial charge in [0, 0.05) is 51.4 Å². The molecule has 0 bridgehead atoms. The van der Waals surface area contributed by atoms with Crippen LogP contribution >= 0.6 is 0 Å². The summed E-state index contributed by atoms with van der Waals surface area (Å²) in [6.45, 7) is 3.04. The van der Waals surface area contributed by atoms with Gasteiger partial charge in [0.15, 0.2) is 0 Å². The standard InChI is InChI=1S/C32H34N4O3/c1-34(17-19-38-2)32(37)31-23-35(22-30(31)29-15-8-11-25-10-6-7-14-28(25)29)21-26-20-33-24-36(26)16-9-18-39-27-12-4-3-5-13-27/h3-8,10-15,20,22-24H,9,16-19,21H2,1-2H3. The summed E-state index contributed by atoms with van der Waals surface area (Å²) >= 11 is 0. The molecule has 0 aliphatic carbocycles. The second-order valence-electron chi connectivity index (χ2n) is 9.60. The predicted octanol–water partition coefficient (Wildman–Crippen LogP) is 5.74. The number of benzene rings is 3. The van der Waals surface area contributed by atoms with Gasteiger partial charge in [-0.05, 0) is 34.9 Å². The zero-order valence-electron chi connectivity index (χ0n) is 22.5. The van der Waals surface area contributed by atoms with Crippen LogP contribution in [0.25, 0.3) is 21.9 Å². The van der Waals surface area contributed by atoms with E-state index in [0.717, 1.165) is 46.3 Å². The number of hydrogen-bond acceptors (Lipinski definition) is 4. The molecule has 7 heteroatoms. The number of likely N-dealkylation sites (N-methyl/N-ethyl adjacent to an activating group) is 1. The van der Waals surface area contributed by atoms with Crippen molar-refractivity contribution in [2.45, 2.75) is 19.5 Å². The predicted molar refractivity (Wildman–Crippen MR) is 154 cm³/mol. The number of rotatable bonds is 12. The van der Waals surface area contributed by atoms with E-state index in [9.17, 15) is 4.79 Å². The van der Waals surface area contributed by atoms with Gasteiger partial charge in [-0.3, -0.25) is 4.79 Å². The number of ether oxygens (including phenoxy) is 2. The lowest BCUT2D eigenvalue weighted by Gasteiger charge is -2.17. The van der Waals surface area contributed by atoms with E-state index in [1.54, 1.807) is 12.0 Å². The van der Waals surface area contributed by atoms with Crippen molar-refractivity contribution in [3.05, 3.63) is 109 Å². The van der Waals surface area contributed by atoms with Crippen molar-refractivity contribution in [1.82, 2.24) is 19.0 Å². The van der Waals surface area contributed by atoms with E-state index in [1.807, 2.05) is 74.3 Å². The highest BCUT2D eigenvalue weighted by Crippen LogP contribution is 2.32. The normalized spacial score (nSPS) is 11.1. The van der Waals surface area contributed by atoms with Crippen LogP contribution in [0.15, 0.2) is 97.7 Å². The summed E-state index contributed by atoms with van der Waals surface area (Å²) in [7, 11) is 3.46. The molecule has 5 rings (SSSR count). The van der Waals surface area contributed by atoms with Crippen molar-refractivity contribution < 1.29 is 14.3 Å². The van der Waals surface area contributed by atoms with Gasteiger partial charge >= 0.3 is 0 Å². The van der Waals surface area contributed by atoms with Gasteiger partial charge in [-0.15, -0.1) is 0 Å². The van der Waals surface area contributed by atoms with E-state index in [0.29, 0.717) is 31.9 Å². The Hall–Kier alpha value is -4.36. The van der Waals surface area contributed by atoms with Crippen molar-refractivity contribution in [2.75, 3.05) is 33.9 Å². The van der Waals surface area contributed by atoms with E-state index >= 15 is 0 Å². The molecule has 0 aliphatic heterocycles. The number of para-hydroxylation sites is 1. The SMILES string of the molecule is COCCN(C)C(=O)c1cn(Cc2cncn2CCCOc2ccccc2)cc1-c1cccc2ccccc12. The third-order valence-corrected chi connectivity index (χ3v) is 6.87. The highest BCUT2D eigenvalue weighted by atomic mass is 16.5. The Kier molecular flexibility index (Phi) is 8.39. The molecule has 7 nitrogen and oxygen atoms in total. The molecule has 200 valence electrons. The second-order valence-corrected chi connectivity index (χ2v) is 9.60. The lowest BCUT2D eigenvalue weighted by atomic mass is 9.97. The quantitative estimate of drug-likeness (QED) is 0.196. The molecule has 0 aliphatic rings. The zero-order chi connectivity index (χ0) is 27.0. The number of hydrogen-bond donors (Lipinski definition) is 0. The van der Waals surface area contributed by atoms with Crippen LogP contribution < -0.4 is 4.74 Å². The molecule has 0 N–H and O–H groups in total. The van der Waals surface area contributed by atoms with Gasteiger partial charge in [-0.1, -0.05) is 60.7 Å². The fourth-order valence-electron chi connectivity index (χ4n) is 4.79. The molecule has 1 amide bonds. The summed E-state index contributed by atoms with van der Waals surface area (Å²) < 4.78 is 15.3. The number of carbonyl (C=O) groups is 1. The van der Waals surface area contributed by atoms with Crippen molar-refractivity contribution in [2.24, 2.45) is 0 Å². The summed E-state index contributed by atoms with van der Waals surface area (Å²) in [6.07, 6.45) is 8.65. The Labute approximate surface area is 229 Å². The molecule has 3 aromatic carbocycles. The monoisotopic (exact) mass is 522 g/mol. The van der Waals surface area contributed by atoms with Crippen LogP contribution in [0.3, 0.4) is 0 Å². The van der Waals surface area contributed by atoms with Gasteiger partial charge in [0.2, 0.25) is 0 Å². The topological polar surface area (TPSA) is 61.5 Å². The minimum atomic E-state index is -0.0275. The maximum absolute atomic E-state index is 13.6. The third kappa shape index (κ3) is 6.21. The molecular formula is C32H34N4O3. The number of aryl methyl sites for hydroxylation is 1. The molecule has 5 aromatic rings. The van der Waals surface area contributed by atoms with Crippen LogP contribution in [-0.2, 0) is 17.8 Å². The van der Waals surface area contributed by atoms with Crippen LogP contribution in [0.4, 0.5) is 0 Å². The molecule has 0 saturated heterocycles. The van der Waals surface area contributed by atoms with Crippen LogP contribution in [0, 0.1) is 0 Å². The van der Waals surface area contributed by atoms with Gasteiger partial charge in [0.25, 0.3) is 5.91 Å². The highest BCUT2D eigenvalue weighted by molar-refractivity contribution is 6.05. The smallest absolute Gasteiger partial charge is 0.255 e. The van der Waals surface area contributed by atoms with Crippen molar-refractivity contribution in [3.63, 3.8) is 0 Å². The average Bonchev–Trinajstić information content (AvgIpc) is 3.60. The summed E-state index contributed by atoms with van der Waals surface area (Å²) in [5.41, 5.74) is 3.71. The summed E-state index contributed by atoms with van der Waals surface area (Å²) in [5, 5.41) is 2.26. The van der Waals surface area contributed by atoms with Crippen molar-refractivity contribution in [1.29, 1.82) is 0 Å². The first-order valence-electron chi connectivity index (χ1n) is 13.2. The van der Waals surface area contributed by atoms with Gasteiger partial charge in [-0.2, -0.15) is 0 Å². The van der Waals surface area contributed by atoms with Gasteiger partial charge in [0.05, 0.1) is 37.3 Å². The maximum Gasteiger partial charge on any atom is 0.255 e. The average molecular weight is 523 g/mol. The molecule has 39 heavy (non-hydrogen) atoms. The van der Waals surface area contributed by atoms with Crippen LogP contribution in [0.1, 0.15) is 22.5 Å². The largest absolute Gasteiger partial charge is 0.494 e. The van der Waals surface area contributed by atoms with E-state index in [2.05, 4.69) is 44.6 Å². The van der Waals surface area contributed by atoms with Crippen molar-refractivity contribution in [3.8, 4) is 16.9 Å². The molecule has 0 saturated carbocycles. The first-order chi connectivity index (χ1) is 19.1. The lowest BCUT2D eigenvalue weighted by molar-refractivity contribution is 0.0745. The summed E-state index contributed by atoms with van der Waals surface area (Å²) in [6, 6.07) is 24.4. The molecule has 0 spiro atoms. The summed E-state index contributed by atoms with van der Waals surface area (Å²) in [5.74, 6) is 0.852. The zero-order valence-corrected chi connectivity index (χ0v) is 22.5. The Morgan fingerprint density at radius 2 is 1.72 bits per heavy atom.